The van der Waals surface area contributed by atoms with Gasteiger partial charge in [0.2, 0.25) is 5.91 Å². The molecule has 0 aromatic carbocycles. The molecule has 1 saturated heterocycles. The van der Waals surface area contributed by atoms with Crippen molar-refractivity contribution in [3.8, 4) is 0 Å². The molecular formula is C16H18ClN5O. The molecule has 7 heteroatoms. The van der Waals surface area contributed by atoms with Crippen LogP contribution in [0.2, 0.25) is 5.15 Å². The van der Waals surface area contributed by atoms with Gasteiger partial charge in [0.05, 0.1) is 5.92 Å². The highest BCUT2D eigenvalue weighted by Crippen LogP contribution is 2.22. The van der Waals surface area contributed by atoms with Crippen molar-refractivity contribution in [3.63, 3.8) is 0 Å². The molecule has 3 rings (SSSR count). The minimum Gasteiger partial charge on any atom is -0.354 e. The highest BCUT2D eigenvalue weighted by Gasteiger charge is 2.26. The topological polar surface area (TPSA) is 71.0 Å². The lowest BCUT2D eigenvalue weighted by Crippen LogP contribution is -2.43. The van der Waals surface area contributed by atoms with Gasteiger partial charge >= 0.3 is 0 Å². The molecule has 1 atom stereocenters. The van der Waals surface area contributed by atoms with Crippen molar-refractivity contribution >= 4 is 23.3 Å². The fraction of sp³-hybridized carbons (Fsp3) is 0.375. The second-order valence-corrected chi connectivity index (χ2v) is 5.96. The second kappa shape index (κ2) is 7.37. The monoisotopic (exact) mass is 331 g/mol. The zero-order chi connectivity index (χ0) is 16.1. The maximum absolute atomic E-state index is 12.4. The summed E-state index contributed by atoms with van der Waals surface area (Å²) >= 11 is 5.77. The van der Waals surface area contributed by atoms with Crippen LogP contribution < -0.4 is 10.2 Å². The van der Waals surface area contributed by atoms with Crippen LogP contribution in [0.3, 0.4) is 0 Å². The molecule has 3 heterocycles. The first kappa shape index (κ1) is 15.7. The predicted molar refractivity (Wildman–Crippen MR) is 88.1 cm³/mol. The third-order valence-electron chi connectivity index (χ3n) is 3.95. The molecule has 0 saturated carbocycles. The number of pyridine rings is 1. The molecule has 0 unspecified atom stereocenters. The van der Waals surface area contributed by atoms with Gasteiger partial charge in [0, 0.05) is 32.0 Å². The molecule has 1 fully saturated rings. The van der Waals surface area contributed by atoms with Crippen LogP contribution in [0.4, 0.5) is 5.82 Å². The van der Waals surface area contributed by atoms with Gasteiger partial charge in [0.25, 0.3) is 0 Å². The first-order valence-corrected chi connectivity index (χ1v) is 8.01. The van der Waals surface area contributed by atoms with Crippen LogP contribution in [0, 0.1) is 5.92 Å². The SMILES string of the molecule is O=C(NCc1ccncc1)[C@H]1CCCN(c2ccc(Cl)nn2)C1. The number of halogens is 1. The molecule has 120 valence electrons. The Morgan fingerprint density at radius 1 is 1.26 bits per heavy atom. The van der Waals surface area contributed by atoms with Crippen molar-refractivity contribution in [2.24, 2.45) is 5.92 Å². The number of anilines is 1. The van der Waals surface area contributed by atoms with Gasteiger partial charge < -0.3 is 10.2 Å². The molecular weight excluding hydrogens is 314 g/mol. The van der Waals surface area contributed by atoms with Gasteiger partial charge in [-0.25, -0.2) is 0 Å². The van der Waals surface area contributed by atoms with E-state index in [2.05, 4.69) is 25.4 Å². The Bertz CT molecular complexity index is 649. The molecule has 0 bridgehead atoms. The minimum atomic E-state index is -0.0388. The fourth-order valence-corrected chi connectivity index (χ4v) is 2.81. The van der Waals surface area contributed by atoms with Crippen molar-refractivity contribution in [1.82, 2.24) is 20.5 Å². The molecule has 0 aliphatic carbocycles. The number of carbonyl (C=O) groups excluding carboxylic acids is 1. The van der Waals surface area contributed by atoms with E-state index in [0.29, 0.717) is 18.2 Å². The number of piperidine rings is 1. The van der Waals surface area contributed by atoms with Crippen molar-refractivity contribution in [1.29, 1.82) is 0 Å². The smallest absolute Gasteiger partial charge is 0.225 e. The second-order valence-electron chi connectivity index (χ2n) is 5.57. The number of carbonyl (C=O) groups is 1. The van der Waals surface area contributed by atoms with Crippen molar-refractivity contribution in [2.75, 3.05) is 18.0 Å². The lowest BCUT2D eigenvalue weighted by Gasteiger charge is -2.32. The van der Waals surface area contributed by atoms with Gasteiger partial charge in [-0.3, -0.25) is 9.78 Å². The summed E-state index contributed by atoms with van der Waals surface area (Å²) in [6, 6.07) is 7.36. The number of aromatic nitrogens is 3. The van der Waals surface area contributed by atoms with Crippen LogP contribution in [-0.4, -0.2) is 34.2 Å². The third-order valence-corrected chi connectivity index (χ3v) is 4.15. The molecule has 1 aliphatic heterocycles. The average Bonchev–Trinajstić information content (AvgIpc) is 2.61. The van der Waals surface area contributed by atoms with E-state index in [-0.39, 0.29) is 11.8 Å². The number of hydrogen-bond acceptors (Lipinski definition) is 5. The van der Waals surface area contributed by atoms with Gasteiger partial charge in [0.1, 0.15) is 0 Å². The van der Waals surface area contributed by atoms with Crippen molar-refractivity contribution in [2.45, 2.75) is 19.4 Å². The largest absolute Gasteiger partial charge is 0.354 e. The lowest BCUT2D eigenvalue weighted by molar-refractivity contribution is -0.125. The summed E-state index contributed by atoms with van der Waals surface area (Å²) in [7, 11) is 0. The first-order chi connectivity index (χ1) is 11.2. The Labute approximate surface area is 139 Å². The number of hydrogen-bond donors (Lipinski definition) is 1. The van der Waals surface area contributed by atoms with E-state index in [9.17, 15) is 4.79 Å². The molecule has 23 heavy (non-hydrogen) atoms. The van der Waals surface area contributed by atoms with Gasteiger partial charge in [-0.15, -0.1) is 10.2 Å². The van der Waals surface area contributed by atoms with E-state index >= 15 is 0 Å². The normalized spacial score (nSPS) is 17.8. The number of rotatable bonds is 4. The van der Waals surface area contributed by atoms with E-state index in [0.717, 1.165) is 30.8 Å². The Hall–Kier alpha value is -2.21. The van der Waals surface area contributed by atoms with Crippen LogP contribution in [-0.2, 0) is 11.3 Å². The van der Waals surface area contributed by atoms with E-state index in [1.165, 1.54) is 0 Å². The maximum Gasteiger partial charge on any atom is 0.225 e. The van der Waals surface area contributed by atoms with Crippen LogP contribution >= 0.6 is 11.6 Å². The number of nitrogens with zero attached hydrogens (tertiary/aromatic N) is 4. The molecule has 1 aliphatic rings. The highest BCUT2D eigenvalue weighted by atomic mass is 35.5. The van der Waals surface area contributed by atoms with Gasteiger partial charge in [-0.1, -0.05) is 11.6 Å². The quantitative estimate of drug-likeness (QED) is 0.928. The Morgan fingerprint density at radius 3 is 2.83 bits per heavy atom. The number of amides is 1. The average molecular weight is 332 g/mol. The summed E-state index contributed by atoms with van der Waals surface area (Å²) in [6.45, 7) is 2.06. The summed E-state index contributed by atoms with van der Waals surface area (Å²) in [5, 5.41) is 11.3. The summed E-state index contributed by atoms with van der Waals surface area (Å²) in [5.41, 5.74) is 1.05. The van der Waals surface area contributed by atoms with Crippen LogP contribution in [0.5, 0.6) is 0 Å². The molecule has 2 aromatic rings. The molecule has 0 radical (unpaired) electrons. The first-order valence-electron chi connectivity index (χ1n) is 7.63. The summed E-state index contributed by atoms with van der Waals surface area (Å²) in [4.78, 5) is 18.4. The van der Waals surface area contributed by atoms with Gasteiger partial charge in [-0.2, -0.15) is 0 Å². The van der Waals surface area contributed by atoms with Crippen molar-refractivity contribution in [3.05, 3.63) is 47.4 Å². The van der Waals surface area contributed by atoms with Crippen LogP contribution in [0.25, 0.3) is 0 Å². The van der Waals surface area contributed by atoms with E-state index in [1.807, 2.05) is 18.2 Å². The van der Waals surface area contributed by atoms with Gasteiger partial charge in [-0.05, 0) is 42.7 Å². The molecule has 2 aromatic heterocycles. The summed E-state index contributed by atoms with van der Waals surface area (Å²) < 4.78 is 0. The lowest BCUT2D eigenvalue weighted by atomic mass is 9.97. The molecule has 1 N–H and O–H groups in total. The maximum atomic E-state index is 12.4. The zero-order valence-corrected chi connectivity index (χ0v) is 13.4. The minimum absolute atomic E-state index is 0.0388. The van der Waals surface area contributed by atoms with E-state index in [1.54, 1.807) is 18.5 Å². The van der Waals surface area contributed by atoms with Gasteiger partial charge in [0.15, 0.2) is 11.0 Å². The Morgan fingerprint density at radius 2 is 2.09 bits per heavy atom. The van der Waals surface area contributed by atoms with E-state index in [4.69, 9.17) is 11.6 Å². The summed E-state index contributed by atoms with van der Waals surface area (Å²) in [6.07, 6.45) is 5.30. The Kier molecular flexibility index (Phi) is 5.02. The molecule has 1 amide bonds. The van der Waals surface area contributed by atoms with Crippen LogP contribution in [0.1, 0.15) is 18.4 Å². The van der Waals surface area contributed by atoms with Crippen molar-refractivity contribution < 1.29 is 4.79 Å². The molecule has 6 nitrogen and oxygen atoms in total. The highest BCUT2D eigenvalue weighted by molar-refractivity contribution is 6.29. The predicted octanol–water partition coefficient (Wildman–Crippen LogP) is 2.06. The standard InChI is InChI=1S/C16H18ClN5O/c17-14-3-4-15(21-20-14)22-9-1-2-13(11-22)16(23)19-10-12-5-7-18-8-6-12/h3-8,13H,1-2,9-11H2,(H,19,23)/t13-/m0/s1. The molecule has 0 spiro atoms. The summed E-state index contributed by atoms with van der Waals surface area (Å²) in [5.74, 6) is 0.803. The third kappa shape index (κ3) is 4.16. The Balaban J connectivity index is 1.57. The number of nitrogens with one attached hydrogen (secondary N) is 1. The fourth-order valence-electron chi connectivity index (χ4n) is 2.71. The van der Waals surface area contributed by atoms with E-state index < -0.39 is 0 Å². The zero-order valence-electron chi connectivity index (χ0n) is 12.7. The van der Waals surface area contributed by atoms with Crippen LogP contribution in [0.15, 0.2) is 36.7 Å².